The van der Waals surface area contributed by atoms with Crippen molar-refractivity contribution in [2.75, 3.05) is 6.61 Å². The molecule has 1 atom stereocenters. The number of benzene rings is 2. The molecule has 0 spiro atoms. The molecule has 0 aromatic heterocycles. The van der Waals surface area contributed by atoms with Crippen molar-refractivity contribution >= 4 is 18.1 Å². The average Bonchev–Trinajstić information content (AvgIpc) is 3.02. The Balaban J connectivity index is 1.81. The fraction of sp³-hybridized carbons (Fsp3) is 0.158. The van der Waals surface area contributed by atoms with Gasteiger partial charge < -0.3 is 9.47 Å². The highest BCUT2D eigenvalue weighted by atomic mass is 19.4. The zero-order chi connectivity index (χ0) is 19.4. The number of ether oxygens (including phenoxy) is 2. The molecule has 0 N–H and O–H groups in total. The third-order valence-electron chi connectivity index (χ3n) is 3.84. The smallest absolute Gasteiger partial charge is 0.446 e. The van der Waals surface area contributed by atoms with Crippen LogP contribution < -0.4 is 4.74 Å². The maximum absolute atomic E-state index is 12.5. The van der Waals surface area contributed by atoms with Gasteiger partial charge in [-0.15, -0.1) is 13.2 Å². The van der Waals surface area contributed by atoms with Gasteiger partial charge in [-0.1, -0.05) is 48.5 Å². The van der Waals surface area contributed by atoms with Crippen LogP contribution in [0.5, 0.6) is 5.75 Å². The van der Waals surface area contributed by atoms with Crippen molar-refractivity contribution in [1.82, 2.24) is 4.90 Å². The molecule has 0 saturated carbocycles. The van der Waals surface area contributed by atoms with Crippen molar-refractivity contribution in [2.24, 2.45) is 0 Å². The summed E-state index contributed by atoms with van der Waals surface area (Å²) < 4.78 is 46.3. The summed E-state index contributed by atoms with van der Waals surface area (Å²) in [7, 11) is 0. The van der Waals surface area contributed by atoms with Gasteiger partial charge in [0.25, 0.3) is 5.91 Å². The van der Waals surface area contributed by atoms with Gasteiger partial charge in [0.1, 0.15) is 18.4 Å². The van der Waals surface area contributed by atoms with E-state index in [4.69, 9.17) is 4.74 Å². The summed E-state index contributed by atoms with van der Waals surface area (Å²) in [6, 6.07) is 13.6. The molecule has 8 heteroatoms. The average molecular weight is 377 g/mol. The number of cyclic esters (lactones) is 1. The second-order valence-corrected chi connectivity index (χ2v) is 5.63. The van der Waals surface area contributed by atoms with Gasteiger partial charge >= 0.3 is 12.5 Å². The lowest BCUT2D eigenvalue weighted by Gasteiger charge is -2.18. The number of carbonyl (C=O) groups excluding carboxylic acids is 2. The van der Waals surface area contributed by atoms with Crippen LogP contribution in [0.15, 0.2) is 60.7 Å². The van der Waals surface area contributed by atoms with Crippen LogP contribution in [0.4, 0.5) is 18.0 Å². The van der Waals surface area contributed by atoms with Crippen LogP contribution in [0.2, 0.25) is 0 Å². The van der Waals surface area contributed by atoms with Gasteiger partial charge in [-0.3, -0.25) is 4.79 Å². The fourth-order valence-electron chi connectivity index (χ4n) is 2.66. The van der Waals surface area contributed by atoms with Crippen LogP contribution in [-0.2, 0) is 9.53 Å². The van der Waals surface area contributed by atoms with Gasteiger partial charge in [0.15, 0.2) is 0 Å². The largest absolute Gasteiger partial charge is 0.573 e. The van der Waals surface area contributed by atoms with E-state index in [-0.39, 0.29) is 12.2 Å². The van der Waals surface area contributed by atoms with Crippen molar-refractivity contribution in [3.05, 3.63) is 71.8 Å². The van der Waals surface area contributed by atoms with Crippen LogP contribution in [0.1, 0.15) is 17.2 Å². The van der Waals surface area contributed by atoms with Gasteiger partial charge in [-0.25, -0.2) is 9.69 Å². The Morgan fingerprint density at radius 3 is 2.48 bits per heavy atom. The molecule has 2 aromatic rings. The third kappa shape index (κ3) is 4.46. The Morgan fingerprint density at radius 2 is 1.78 bits per heavy atom. The number of rotatable bonds is 4. The first-order chi connectivity index (χ1) is 12.8. The molecule has 1 aliphatic rings. The predicted octanol–water partition coefficient (Wildman–Crippen LogP) is 4.32. The first-order valence-electron chi connectivity index (χ1n) is 7.93. The highest BCUT2D eigenvalue weighted by molar-refractivity contribution is 6.02. The maximum Gasteiger partial charge on any atom is 0.573 e. The second kappa shape index (κ2) is 7.53. The number of carbonyl (C=O) groups is 2. The van der Waals surface area contributed by atoms with Gasteiger partial charge in [-0.05, 0) is 17.7 Å². The first-order valence-corrected chi connectivity index (χ1v) is 7.93. The molecule has 1 aliphatic heterocycles. The number of hydrogen-bond acceptors (Lipinski definition) is 4. The molecule has 0 aliphatic carbocycles. The molecule has 1 heterocycles. The normalized spacial score (nSPS) is 17.2. The number of hydrogen-bond donors (Lipinski definition) is 0. The Morgan fingerprint density at radius 1 is 1.11 bits per heavy atom. The Kier molecular flexibility index (Phi) is 5.16. The molecule has 2 amide bonds. The van der Waals surface area contributed by atoms with E-state index in [2.05, 4.69) is 4.74 Å². The van der Waals surface area contributed by atoms with E-state index in [0.29, 0.717) is 5.56 Å². The molecule has 1 unspecified atom stereocenters. The van der Waals surface area contributed by atoms with Gasteiger partial charge in [0.05, 0.1) is 0 Å². The summed E-state index contributed by atoms with van der Waals surface area (Å²) in [6.45, 7) is 0.0101. The third-order valence-corrected chi connectivity index (χ3v) is 3.84. The quantitative estimate of drug-likeness (QED) is 0.745. The lowest BCUT2D eigenvalue weighted by Crippen LogP contribution is -2.32. The summed E-state index contributed by atoms with van der Waals surface area (Å²) >= 11 is 0. The molecular weight excluding hydrogens is 363 g/mol. The molecule has 0 bridgehead atoms. The number of nitrogens with zero attached hydrogens (tertiary/aromatic N) is 1. The van der Waals surface area contributed by atoms with E-state index in [9.17, 15) is 22.8 Å². The summed E-state index contributed by atoms with van der Waals surface area (Å²) in [5, 5.41) is 0. The molecule has 3 rings (SSSR count). The Hall–Kier alpha value is -3.29. The van der Waals surface area contributed by atoms with E-state index >= 15 is 0 Å². The molecular formula is C19H14F3NO4. The van der Waals surface area contributed by atoms with Crippen molar-refractivity contribution in [2.45, 2.75) is 12.4 Å². The van der Waals surface area contributed by atoms with Crippen molar-refractivity contribution in [3.8, 4) is 5.75 Å². The van der Waals surface area contributed by atoms with Crippen LogP contribution in [-0.4, -0.2) is 29.9 Å². The lowest BCUT2D eigenvalue weighted by atomic mass is 10.1. The minimum atomic E-state index is -4.86. The number of halogens is 3. The maximum atomic E-state index is 12.5. The molecule has 27 heavy (non-hydrogen) atoms. The minimum absolute atomic E-state index is 0.0101. The topological polar surface area (TPSA) is 55.8 Å². The number of amides is 2. The van der Waals surface area contributed by atoms with Crippen LogP contribution in [0.25, 0.3) is 6.08 Å². The molecule has 1 fully saturated rings. The lowest BCUT2D eigenvalue weighted by molar-refractivity contribution is -0.274. The van der Waals surface area contributed by atoms with Gasteiger partial charge in [-0.2, -0.15) is 0 Å². The second-order valence-electron chi connectivity index (χ2n) is 5.63. The SMILES string of the molecule is O=C(C=Cc1ccccc1OC(F)(F)F)N1C(=O)OCC1c1ccccc1. The summed E-state index contributed by atoms with van der Waals surface area (Å²) in [6.07, 6.45) is -3.48. The van der Waals surface area contributed by atoms with E-state index in [0.717, 1.165) is 23.1 Å². The van der Waals surface area contributed by atoms with Crippen LogP contribution in [0.3, 0.4) is 0 Å². The summed E-state index contributed by atoms with van der Waals surface area (Å²) in [4.78, 5) is 25.4. The zero-order valence-electron chi connectivity index (χ0n) is 13.8. The molecule has 140 valence electrons. The summed E-state index contributed by atoms with van der Waals surface area (Å²) in [5.74, 6) is -1.15. The minimum Gasteiger partial charge on any atom is -0.446 e. The standard InChI is InChI=1S/C19H14F3NO4/c20-19(21,22)27-16-9-5-4-8-14(16)10-11-17(24)23-15(12-26-18(23)25)13-6-2-1-3-7-13/h1-11,15H,12H2. The van der Waals surface area contributed by atoms with Crippen molar-refractivity contribution in [1.29, 1.82) is 0 Å². The summed E-state index contributed by atoms with van der Waals surface area (Å²) in [5.41, 5.74) is 0.762. The van der Waals surface area contributed by atoms with E-state index in [1.807, 2.05) is 0 Å². The Labute approximate surface area is 152 Å². The number of para-hydroxylation sites is 1. The first kappa shape index (κ1) is 18.5. The zero-order valence-corrected chi connectivity index (χ0v) is 13.8. The van der Waals surface area contributed by atoms with E-state index in [1.165, 1.54) is 18.2 Å². The molecule has 0 radical (unpaired) electrons. The Bertz CT molecular complexity index is 865. The fourth-order valence-corrected chi connectivity index (χ4v) is 2.66. The van der Waals surface area contributed by atoms with E-state index in [1.54, 1.807) is 30.3 Å². The monoisotopic (exact) mass is 377 g/mol. The molecule has 2 aromatic carbocycles. The molecule has 1 saturated heterocycles. The van der Waals surface area contributed by atoms with Crippen molar-refractivity contribution in [3.63, 3.8) is 0 Å². The number of imide groups is 1. The predicted molar refractivity (Wildman–Crippen MR) is 89.5 cm³/mol. The van der Waals surface area contributed by atoms with Gasteiger partial charge in [0.2, 0.25) is 0 Å². The highest BCUT2D eigenvalue weighted by Gasteiger charge is 2.38. The van der Waals surface area contributed by atoms with Crippen LogP contribution >= 0.6 is 0 Å². The van der Waals surface area contributed by atoms with Gasteiger partial charge in [0, 0.05) is 11.6 Å². The van der Waals surface area contributed by atoms with Crippen molar-refractivity contribution < 1.29 is 32.2 Å². The molecule has 5 nitrogen and oxygen atoms in total. The number of alkyl halides is 3. The van der Waals surface area contributed by atoms with Crippen LogP contribution in [0, 0.1) is 0 Å². The van der Waals surface area contributed by atoms with E-state index < -0.39 is 30.2 Å². The highest BCUT2D eigenvalue weighted by Crippen LogP contribution is 2.29.